The highest BCUT2D eigenvalue weighted by molar-refractivity contribution is 7.93. The highest BCUT2D eigenvalue weighted by Crippen LogP contribution is 2.21. The third kappa shape index (κ3) is 0.845. The monoisotopic (exact) mass is 183 g/mol. The quantitative estimate of drug-likeness (QED) is 0.534. The van der Waals surface area contributed by atoms with Crippen LogP contribution in [0.2, 0.25) is 0 Å². The van der Waals surface area contributed by atoms with Crippen molar-refractivity contribution in [3.63, 3.8) is 0 Å². The van der Waals surface area contributed by atoms with Gasteiger partial charge >= 0.3 is 0 Å². The molecule has 1 amide bonds. The van der Waals surface area contributed by atoms with Gasteiger partial charge in [0.25, 0.3) is 5.91 Å². The van der Waals surface area contributed by atoms with Crippen molar-refractivity contribution < 1.29 is 9.00 Å². The van der Waals surface area contributed by atoms with Crippen LogP contribution in [-0.2, 0) is 9.73 Å². The Kier molecular flexibility index (Phi) is 1.29. The Bertz CT molecular complexity index is 473. The summed E-state index contributed by atoms with van der Waals surface area (Å²) in [4.78, 5) is 18.5. The summed E-state index contributed by atoms with van der Waals surface area (Å²) in [6.45, 7) is 0. The summed E-state index contributed by atoms with van der Waals surface area (Å²) in [6, 6.07) is 0. The third-order valence-electron chi connectivity index (χ3n) is 1.52. The minimum atomic E-state index is -2.58. The van der Waals surface area contributed by atoms with E-state index in [2.05, 4.69) is 14.3 Å². The molecule has 1 aliphatic rings. The van der Waals surface area contributed by atoms with Gasteiger partial charge in [-0.1, -0.05) is 0 Å². The molecule has 2 heterocycles. The molecule has 1 atom stereocenters. The second kappa shape index (κ2) is 2.10. The normalized spacial score (nSPS) is 26.6. The molecule has 2 rings (SSSR count). The highest BCUT2D eigenvalue weighted by atomic mass is 32.2. The standard InChI is InChI=1S/C6H5N3O2S/c1-12(11)6-4(5(10)9-12)2-7-3-8-6/h2-3H,1H3. The van der Waals surface area contributed by atoms with Gasteiger partial charge in [-0.25, -0.2) is 14.2 Å². The molecule has 0 bridgehead atoms. The molecule has 0 aromatic carbocycles. The number of hydrogen-bond donors (Lipinski definition) is 0. The van der Waals surface area contributed by atoms with Crippen LogP contribution in [0.1, 0.15) is 10.4 Å². The van der Waals surface area contributed by atoms with Gasteiger partial charge in [0, 0.05) is 12.5 Å². The molecule has 1 aromatic rings. The van der Waals surface area contributed by atoms with Gasteiger partial charge in [0.05, 0.1) is 15.3 Å². The number of fused-ring (bicyclic) bond motifs is 1. The van der Waals surface area contributed by atoms with Crippen LogP contribution in [0.15, 0.2) is 21.9 Å². The maximum Gasteiger partial charge on any atom is 0.289 e. The molecule has 0 saturated heterocycles. The van der Waals surface area contributed by atoms with Crippen LogP contribution < -0.4 is 0 Å². The van der Waals surface area contributed by atoms with Crippen LogP contribution in [0, 0.1) is 0 Å². The van der Waals surface area contributed by atoms with Crippen LogP contribution in [0.5, 0.6) is 0 Å². The zero-order chi connectivity index (χ0) is 8.77. The topological polar surface area (TPSA) is 72.3 Å². The smallest absolute Gasteiger partial charge is 0.266 e. The molecule has 62 valence electrons. The first-order valence-corrected chi connectivity index (χ1v) is 5.10. The largest absolute Gasteiger partial charge is 0.289 e. The second-order valence-corrected chi connectivity index (χ2v) is 4.61. The van der Waals surface area contributed by atoms with Crippen molar-refractivity contribution in [2.75, 3.05) is 6.26 Å². The second-order valence-electron chi connectivity index (χ2n) is 2.44. The van der Waals surface area contributed by atoms with E-state index < -0.39 is 15.6 Å². The Morgan fingerprint density at radius 3 is 2.92 bits per heavy atom. The van der Waals surface area contributed by atoms with Gasteiger partial charge in [-0.15, -0.1) is 0 Å². The van der Waals surface area contributed by atoms with E-state index in [1.807, 2.05) is 0 Å². The molecule has 12 heavy (non-hydrogen) atoms. The lowest BCUT2D eigenvalue weighted by molar-refractivity contribution is 0.100. The maximum atomic E-state index is 11.5. The van der Waals surface area contributed by atoms with Crippen molar-refractivity contribution in [3.8, 4) is 0 Å². The Morgan fingerprint density at radius 2 is 2.25 bits per heavy atom. The van der Waals surface area contributed by atoms with Crippen molar-refractivity contribution in [1.82, 2.24) is 9.97 Å². The van der Waals surface area contributed by atoms with Gasteiger partial charge in [-0.05, 0) is 0 Å². The number of amides is 1. The summed E-state index contributed by atoms with van der Waals surface area (Å²) in [5, 5.41) is 0.252. The summed E-state index contributed by atoms with van der Waals surface area (Å²) in [5.41, 5.74) is 0.255. The van der Waals surface area contributed by atoms with Gasteiger partial charge in [-0.2, -0.15) is 4.36 Å². The van der Waals surface area contributed by atoms with Crippen LogP contribution in [0.25, 0.3) is 0 Å². The van der Waals surface area contributed by atoms with Crippen LogP contribution in [0.4, 0.5) is 0 Å². The van der Waals surface area contributed by atoms with Gasteiger partial charge in [0.2, 0.25) is 0 Å². The van der Waals surface area contributed by atoms with Crippen LogP contribution >= 0.6 is 0 Å². The molecule has 0 N–H and O–H groups in total. The Hall–Kier alpha value is -1.30. The fourth-order valence-corrected chi connectivity index (χ4v) is 2.31. The number of rotatable bonds is 0. The van der Waals surface area contributed by atoms with E-state index in [9.17, 15) is 9.00 Å². The van der Waals surface area contributed by atoms with Crippen LogP contribution in [0.3, 0.4) is 0 Å². The average Bonchev–Trinajstić information content (AvgIpc) is 2.25. The zero-order valence-electron chi connectivity index (χ0n) is 6.22. The fourth-order valence-electron chi connectivity index (χ4n) is 1.02. The van der Waals surface area contributed by atoms with Gasteiger partial charge < -0.3 is 0 Å². The fraction of sp³-hybridized carbons (Fsp3) is 0.167. The first-order chi connectivity index (χ1) is 5.61. The average molecular weight is 183 g/mol. The predicted molar refractivity (Wildman–Crippen MR) is 41.1 cm³/mol. The van der Waals surface area contributed by atoms with Gasteiger partial charge in [0.15, 0.2) is 5.03 Å². The highest BCUT2D eigenvalue weighted by Gasteiger charge is 2.26. The molecule has 5 nitrogen and oxygen atoms in total. The Morgan fingerprint density at radius 1 is 1.50 bits per heavy atom. The van der Waals surface area contributed by atoms with Gasteiger partial charge in [-0.3, -0.25) is 4.79 Å². The van der Waals surface area contributed by atoms with Crippen molar-refractivity contribution in [1.29, 1.82) is 0 Å². The molecule has 0 fully saturated rings. The Labute approximate surface area is 69.0 Å². The van der Waals surface area contributed by atoms with E-state index >= 15 is 0 Å². The predicted octanol–water partition coefficient (Wildman–Crippen LogP) is 0.0871. The van der Waals surface area contributed by atoms with Crippen molar-refractivity contribution in [3.05, 3.63) is 18.1 Å². The minimum Gasteiger partial charge on any atom is -0.266 e. The summed E-state index contributed by atoms with van der Waals surface area (Å²) in [7, 11) is -2.58. The summed E-state index contributed by atoms with van der Waals surface area (Å²) >= 11 is 0. The summed E-state index contributed by atoms with van der Waals surface area (Å²) in [6.07, 6.45) is 3.99. The lowest BCUT2D eigenvalue weighted by atomic mass is 10.3. The van der Waals surface area contributed by atoms with Crippen LogP contribution in [-0.4, -0.2) is 26.3 Å². The molecule has 1 aliphatic heterocycles. The Balaban J connectivity index is 2.87. The summed E-state index contributed by atoms with van der Waals surface area (Å²) in [5.74, 6) is -0.488. The minimum absolute atomic E-state index is 0.252. The number of carbonyl (C=O) groups excluding carboxylic acids is 1. The van der Waals surface area contributed by atoms with E-state index in [4.69, 9.17) is 0 Å². The number of carbonyl (C=O) groups is 1. The molecule has 0 radical (unpaired) electrons. The first kappa shape index (κ1) is 7.35. The lowest BCUT2D eigenvalue weighted by Crippen LogP contribution is -1.98. The molecule has 1 aromatic heterocycles. The van der Waals surface area contributed by atoms with Crippen molar-refractivity contribution in [2.24, 2.45) is 4.36 Å². The lowest BCUT2D eigenvalue weighted by Gasteiger charge is -1.94. The SMILES string of the molecule is CS1(=O)=NC(=O)c2cncnc21. The number of aromatic nitrogens is 2. The maximum absolute atomic E-state index is 11.5. The van der Waals surface area contributed by atoms with Crippen molar-refractivity contribution >= 4 is 15.6 Å². The van der Waals surface area contributed by atoms with Gasteiger partial charge in [0.1, 0.15) is 6.33 Å². The molecular formula is C6H5N3O2S. The van der Waals surface area contributed by atoms with E-state index in [1.54, 1.807) is 0 Å². The van der Waals surface area contributed by atoms with E-state index in [0.717, 1.165) is 0 Å². The molecule has 0 saturated carbocycles. The molecule has 6 heteroatoms. The van der Waals surface area contributed by atoms with Crippen molar-refractivity contribution in [2.45, 2.75) is 5.03 Å². The molecular weight excluding hydrogens is 178 g/mol. The van der Waals surface area contributed by atoms with E-state index in [-0.39, 0.29) is 10.6 Å². The molecule has 1 unspecified atom stereocenters. The third-order valence-corrected chi connectivity index (χ3v) is 3.08. The number of nitrogens with zero attached hydrogens (tertiary/aromatic N) is 3. The van der Waals surface area contributed by atoms with E-state index in [0.29, 0.717) is 0 Å². The van der Waals surface area contributed by atoms with E-state index in [1.165, 1.54) is 18.8 Å². The molecule has 0 aliphatic carbocycles. The number of hydrogen-bond acceptors (Lipinski definition) is 4. The summed E-state index contributed by atoms with van der Waals surface area (Å²) < 4.78 is 15.0. The first-order valence-electron chi connectivity index (χ1n) is 3.18. The molecule has 0 spiro atoms. The zero-order valence-corrected chi connectivity index (χ0v) is 7.04.